The zero-order valence-corrected chi connectivity index (χ0v) is 19.3. The van der Waals surface area contributed by atoms with E-state index in [0.717, 1.165) is 11.3 Å². The summed E-state index contributed by atoms with van der Waals surface area (Å²) in [5.41, 5.74) is 1.69. The molecule has 1 heterocycles. The first kappa shape index (κ1) is 23.7. The van der Waals surface area contributed by atoms with Gasteiger partial charge in [-0.05, 0) is 43.7 Å². The lowest BCUT2D eigenvalue weighted by molar-refractivity contribution is -0.130. The molecule has 1 aliphatic heterocycles. The van der Waals surface area contributed by atoms with Crippen LogP contribution in [0.25, 0.3) is 0 Å². The second-order valence-corrected chi connectivity index (χ2v) is 9.99. The number of amides is 2. The third-order valence-corrected chi connectivity index (χ3v) is 7.10. The summed E-state index contributed by atoms with van der Waals surface area (Å²) in [4.78, 5) is 26.3. The molecule has 0 unspecified atom stereocenters. The molecule has 1 saturated heterocycles. The van der Waals surface area contributed by atoms with Crippen LogP contribution < -0.4 is 10.6 Å². The largest absolute Gasteiger partial charge is 0.376 e. The van der Waals surface area contributed by atoms with Crippen LogP contribution in [0.1, 0.15) is 19.4 Å². The molecule has 2 amide bonds. The molecule has 3 rings (SSSR count). The van der Waals surface area contributed by atoms with Crippen molar-refractivity contribution in [3.8, 4) is 0 Å². The van der Waals surface area contributed by atoms with E-state index in [2.05, 4.69) is 10.6 Å². The van der Waals surface area contributed by atoms with E-state index in [4.69, 9.17) is 0 Å². The Morgan fingerprint density at radius 1 is 0.938 bits per heavy atom. The molecular weight excluding hydrogens is 428 g/mol. The van der Waals surface area contributed by atoms with Gasteiger partial charge in [-0.3, -0.25) is 9.59 Å². The van der Waals surface area contributed by atoms with Crippen molar-refractivity contribution in [2.24, 2.45) is 0 Å². The van der Waals surface area contributed by atoms with Crippen LogP contribution in [0.4, 0.5) is 5.69 Å². The minimum Gasteiger partial charge on any atom is -0.376 e. The third kappa shape index (κ3) is 6.30. The van der Waals surface area contributed by atoms with Gasteiger partial charge in [-0.1, -0.05) is 30.3 Å². The maximum atomic E-state index is 12.7. The average molecular weight is 459 g/mol. The number of rotatable bonds is 8. The summed E-state index contributed by atoms with van der Waals surface area (Å²) in [6.07, 6.45) is 0.313. The van der Waals surface area contributed by atoms with Gasteiger partial charge in [-0.25, -0.2) is 8.42 Å². The highest BCUT2D eigenvalue weighted by molar-refractivity contribution is 7.89. The number of anilines is 1. The van der Waals surface area contributed by atoms with Crippen molar-refractivity contribution in [2.45, 2.75) is 31.2 Å². The van der Waals surface area contributed by atoms with Gasteiger partial charge in [0.2, 0.25) is 21.8 Å². The van der Waals surface area contributed by atoms with Crippen LogP contribution in [0.2, 0.25) is 0 Å². The Morgan fingerprint density at radius 3 is 2.16 bits per heavy atom. The molecule has 0 saturated carbocycles. The van der Waals surface area contributed by atoms with E-state index in [1.807, 2.05) is 38.1 Å². The molecule has 0 aromatic heterocycles. The number of nitrogens with zero attached hydrogens (tertiary/aromatic N) is 2. The molecule has 2 aromatic carbocycles. The van der Waals surface area contributed by atoms with E-state index in [1.54, 1.807) is 35.2 Å². The van der Waals surface area contributed by atoms with Gasteiger partial charge in [0.1, 0.15) is 0 Å². The monoisotopic (exact) mass is 458 g/mol. The predicted octanol–water partition coefficient (Wildman–Crippen LogP) is 1.70. The molecule has 9 heteroatoms. The summed E-state index contributed by atoms with van der Waals surface area (Å²) in [6.45, 7) is 5.23. The van der Waals surface area contributed by atoms with E-state index in [0.29, 0.717) is 19.5 Å². The second kappa shape index (κ2) is 10.6. The molecule has 1 fully saturated rings. The Labute approximate surface area is 189 Å². The van der Waals surface area contributed by atoms with Gasteiger partial charge in [0.25, 0.3) is 0 Å². The van der Waals surface area contributed by atoms with Crippen molar-refractivity contribution in [2.75, 3.05) is 38.0 Å². The summed E-state index contributed by atoms with van der Waals surface area (Å²) in [5.74, 6) is -0.105. The molecule has 0 spiro atoms. The normalized spacial score (nSPS) is 14.9. The van der Waals surface area contributed by atoms with E-state index in [1.165, 1.54) is 4.31 Å². The Morgan fingerprint density at radius 2 is 1.56 bits per heavy atom. The Kier molecular flexibility index (Phi) is 7.87. The fourth-order valence-corrected chi connectivity index (χ4v) is 4.95. The van der Waals surface area contributed by atoms with E-state index >= 15 is 0 Å². The SMILES string of the molecule is CC(C)NC(=O)Cc1ccc(NCC(=O)N2CCN(S(=O)(=O)c3ccccc3)CC2)cc1. The number of carbonyl (C=O) groups is 2. The molecule has 32 heavy (non-hydrogen) atoms. The van der Waals surface area contributed by atoms with Crippen molar-refractivity contribution < 1.29 is 18.0 Å². The summed E-state index contributed by atoms with van der Waals surface area (Å²) in [5, 5.41) is 5.96. The van der Waals surface area contributed by atoms with Crippen LogP contribution in [0.5, 0.6) is 0 Å². The molecule has 172 valence electrons. The van der Waals surface area contributed by atoms with Crippen LogP contribution in [0, 0.1) is 0 Å². The number of hydrogen-bond acceptors (Lipinski definition) is 5. The molecule has 0 bridgehead atoms. The van der Waals surface area contributed by atoms with E-state index < -0.39 is 10.0 Å². The maximum absolute atomic E-state index is 12.7. The first-order valence-corrected chi connectivity index (χ1v) is 12.1. The highest BCUT2D eigenvalue weighted by atomic mass is 32.2. The zero-order valence-electron chi connectivity index (χ0n) is 18.5. The maximum Gasteiger partial charge on any atom is 0.243 e. The van der Waals surface area contributed by atoms with Gasteiger partial charge in [-0.2, -0.15) is 4.31 Å². The lowest BCUT2D eigenvalue weighted by atomic mass is 10.1. The lowest BCUT2D eigenvalue weighted by Gasteiger charge is -2.34. The molecule has 8 nitrogen and oxygen atoms in total. The third-order valence-electron chi connectivity index (χ3n) is 5.18. The number of sulfonamides is 1. The van der Waals surface area contributed by atoms with Crippen molar-refractivity contribution in [1.82, 2.24) is 14.5 Å². The summed E-state index contributed by atoms with van der Waals surface area (Å²) in [7, 11) is -3.53. The highest BCUT2D eigenvalue weighted by Gasteiger charge is 2.29. The van der Waals surface area contributed by atoms with Gasteiger partial charge >= 0.3 is 0 Å². The molecule has 2 N–H and O–H groups in total. The van der Waals surface area contributed by atoms with Crippen LogP contribution in [0.3, 0.4) is 0 Å². The van der Waals surface area contributed by atoms with E-state index in [-0.39, 0.29) is 42.4 Å². The Balaban J connectivity index is 1.46. The first-order chi connectivity index (χ1) is 15.3. The van der Waals surface area contributed by atoms with Crippen molar-refractivity contribution >= 4 is 27.5 Å². The van der Waals surface area contributed by atoms with Crippen LogP contribution in [-0.2, 0) is 26.0 Å². The zero-order chi connectivity index (χ0) is 23.1. The van der Waals surface area contributed by atoms with Crippen LogP contribution in [-0.4, -0.2) is 68.2 Å². The average Bonchev–Trinajstić information content (AvgIpc) is 2.78. The van der Waals surface area contributed by atoms with Crippen LogP contribution in [0.15, 0.2) is 59.5 Å². The summed E-state index contributed by atoms with van der Waals surface area (Å²) < 4.78 is 26.8. The molecule has 0 radical (unpaired) electrons. The fraction of sp³-hybridized carbons (Fsp3) is 0.391. The number of nitrogens with one attached hydrogen (secondary N) is 2. The highest BCUT2D eigenvalue weighted by Crippen LogP contribution is 2.17. The van der Waals surface area contributed by atoms with Gasteiger partial charge in [-0.15, -0.1) is 0 Å². The van der Waals surface area contributed by atoms with Gasteiger partial charge in [0.15, 0.2) is 0 Å². The molecule has 0 atom stereocenters. The van der Waals surface area contributed by atoms with Crippen molar-refractivity contribution in [3.05, 3.63) is 60.2 Å². The van der Waals surface area contributed by atoms with Gasteiger partial charge < -0.3 is 15.5 Å². The summed E-state index contributed by atoms with van der Waals surface area (Å²) in [6, 6.07) is 15.9. The van der Waals surface area contributed by atoms with Crippen LogP contribution >= 0.6 is 0 Å². The standard InChI is InChI=1S/C23H30N4O4S/c1-18(2)25-22(28)16-19-8-10-20(11-9-19)24-17-23(29)26-12-14-27(15-13-26)32(30,31)21-6-4-3-5-7-21/h3-11,18,24H,12-17H2,1-2H3,(H,25,28). The lowest BCUT2D eigenvalue weighted by Crippen LogP contribution is -2.51. The van der Waals surface area contributed by atoms with Gasteiger partial charge in [0.05, 0.1) is 17.9 Å². The minimum atomic E-state index is -3.53. The molecule has 2 aromatic rings. The Hall–Kier alpha value is -2.91. The molecular formula is C23H30N4O4S. The first-order valence-electron chi connectivity index (χ1n) is 10.7. The predicted molar refractivity (Wildman–Crippen MR) is 124 cm³/mol. The number of piperazine rings is 1. The van der Waals surface area contributed by atoms with Crippen molar-refractivity contribution in [3.63, 3.8) is 0 Å². The quantitative estimate of drug-likeness (QED) is 0.627. The number of hydrogen-bond donors (Lipinski definition) is 2. The fourth-order valence-electron chi connectivity index (χ4n) is 3.51. The molecule has 1 aliphatic rings. The van der Waals surface area contributed by atoms with Crippen molar-refractivity contribution in [1.29, 1.82) is 0 Å². The molecule has 0 aliphatic carbocycles. The van der Waals surface area contributed by atoms with Gasteiger partial charge in [0, 0.05) is 37.9 Å². The minimum absolute atomic E-state index is 0.0238. The second-order valence-electron chi connectivity index (χ2n) is 8.05. The smallest absolute Gasteiger partial charge is 0.243 e. The number of carbonyl (C=O) groups excluding carboxylic acids is 2. The number of benzene rings is 2. The Bertz CT molecular complexity index is 1020. The summed E-state index contributed by atoms with van der Waals surface area (Å²) >= 11 is 0. The topological polar surface area (TPSA) is 98.8 Å². The van der Waals surface area contributed by atoms with E-state index in [9.17, 15) is 18.0 Å².